The molecule has 0 spiro atoms. The third-order valence-electron chi connectivity index (χ3n) is 3.43. The van der Waals surface area contributed by atoms with Gasteiger partial charge in [-0.3, -0.25) is 0 Å². The second kappa shape index (κ2) is 7.47. The Bertz CT molecular complexity index is 919. The van der Waals surface area contributed by atoms with Gasteiger partial charge in [-0.15, -0.1) is 0 Å². The number of rotatable bonds is 4. The summed E-state index contributed by atoms with van der Waals surface area (Å²) in [4.78, 5) is 7.76. The van der Waals surface area contributed by atoms with Gasteiger partial charge in [-0.1, -0.05) is 35.1 Å². The van der Waals surface area contributed by atoms with Crippen molar-refractivity contribution < 1.29 is 17.9 Å². The standard InChI is InChI=1S/C18H12ClF3N2OS/c1-25-14-8-2-11(3-9-14)10-23-17-24-16(18(20,21)22)15(26-17)12-4-6-13(19)7-5-12/h2-10H,1H3. The quantitative estimate of drug-likeness (QED) is 0.489. The van der Waals surface area contributed by atoms with E-state index >= 15 is 0 Å². The summed E-state index contributed by atoms with van der Waals surface area (Å²) >= 11 is 6.68. The van der Waals surface area contributed by atoms with E-state index in [9.17, 15) is 13.2 Å². The van der Waals surface area contributed by atoms with Gasteiger partial charge in [-0.2, -0.15) is 13.2 Å². The maximum atomic E-state index is 13.3. The molecule has 0 saturated heterocycles. The minimum Gasteiger partial charge on any atom is -0.497 e. The number of nitrogens with zero attached hydrogens (tertiary/aromatic N) is 2. The Morgan fingerprint density at radius 2 is 1.73 bits per heavy atom. The summed E-state index contributed by atoms with van der Waals surface area (Å²) in [6.45, 7) is 0. The van der Waals surface area contributed by atoms with Gasteiger partial charge in [0.15, 0.2) is 5.69 Å². The molecule has 0 aliphatic rings. The van der Waals surface area contributed by atoms with Crippen molar-refractivity contribution in [1.82, 2.24) is 4.98 Å². The molecular formula is C18H12ClF3N2OS. The molecule has 0 aliphatic carbocycles. The number of halogens is 4. The van der Waals surface area contributed by atoms with E-state index in [1.54, 1.807) is 31.4 Å². The molecular weight excluding hydrogens is 385 g/mol. The highest BCUT2D eigenvalue weighted by atomic mass is 35.5. The van der Waals surface area contributed by atoms with Crippen LogP contribution in [0.1, 0.15) is 11.3 Å². The smallest absolute Gasteiger partial charge is 0.434 e. The maximum Gasteiger partial charge on any atom is 0.434 e. The number of benzene rings is 2. The summed E-state index contributed by atoms with van der Waals surface area (Å²) in [5.41, 5.74) is 0.166. The lowest BCUT2D eigenvalue weighted by Crippen LogP contribution is -2.06. The molecule has 1 heterocycles. The maximum absolute atomic E-state index is 13.3. The Kier molecular flexibility index (Phi) is 5.29. The molecule has 2 aromatic carbocycles. The van der Waals surface area contributed by atoms with Crippen LogP contribution < -0.4 is 4.74 Å². The van der Waals surface area contributed by atoms with Crippen molar-refractivity contribution in [2.75, 3.05) is 7.11 Å². The predicted molar refractivity (Wildman–Crippen MR) is 97.8 cm³/mol. The molecule has 26 heavy (non-hydrogen) atoms. The molecule has 8 heteroatoms. The molecule has 3 nitrogen and oxygen atoms in total. The Hall–Kier alpha value is -2.38. The first-order valence-corrected chi connectivity index (χ1v) is 8.58. The highest BCUT2D eigenvalue weighted by molar-refractivity contribution is 7.18. The highest BCUT2D eigenvalue weighted by Gasteiger charge is 2.37. The zero-order valence-electron chi connectivity index (χ0n) is 13.4. The van der Waals surface area contributed by atoms with Crippen molar-refractivity contribution in [2.45, 2.75) is 6.18 Å². The minimum atomic E-state index is -4.57. The number of ether oxygens (including phenoxy) is 1. The summed E-state index contributed by atoms with van der Waals surface area (Å²) in [5.74, 6) is 0.681. The molecule has 3 rings (SSSR count). The lowest BCUT2D eigenvalue weighted by Gasteiger charge is -2.05. The zero-order valence-corrected chi connectivity index (χ0v) is 15.0. The van der Waals surface area contributed by atoms with Gasteiger partial charge in [0, 0.05) is 11.2 Å². The van der Waals surface area contributed by atoms with E-state index in [2.05, 4.69) is 9.98 Å². The van der Waals surface area contributed by atoms with Crippen LogP contribution >= 0.6 is 22.9 Å². The number of methoxy groups -OCH3 is 1. The summed E-state index contributed by atoms with van der Waals surface area (Å²) in [6, 6.07) is 13.1. The van der Waals surface area contributed by atoms with Gasteiger partial charge in [0.05, 0.1) is 12.0 Å². The Morgan fingerprint density at radius 1 is 1.08 bits per heavy atom. The fraction of sp³-hybridized carbons (Fsp3) is 0.111. The average Bonchev–Trinajstić information content (AvgIpc) is 3.06. The summed E-state index contributed by atoms with van der Waals surface area (Å²) in [5, 5.41) is 0.475. The van der Waals surface area contributed by atoms with E-state index in [1.165, 1.54) is 30.5 Å². The number of thiazole rings is 1. The molecule has 0 aliphatic heterocycles. The minimum absolute atomic E-state index is 0.0102. The lowest BCUT2D eigenvalue weighted by molar-refractivity contribution is -0.140. The zero-order chi connectivity index (χ0) is 18.7. The average molecular weight is 397 g/mol. The molecule has 0 saturated carbocycles. The van der Waals surface area contributed by atoms with E-state index in [1.807, 2.05) is 0 Å². The molecule has 0 N–H and O–H groups in total. The van der Waals surface area contributed by atoms with Gasteiger partial charge < -0.3 is 4.74 Å². The normalized spacial score (nSPS) is 11.9. The second-order valence-corrected chi connectivity index (χ2v) is 6.62. The Morgan fingerprint density at radius 3 is 2.31 bits per heavy atom. The third-order valence-corrected chi connectivity index (χ3v) is 4.70. The van der Waals surface area contributed by atoms with E-state index in [0.717, 1.165) is 16.9 Å². The first kappa shape index (κ1) is 18.4. The molecule has 0 atom stereocenters. The monoisotopic (exact) mass is 396 g/mol. The number of aliphatic imine (C=N–C) groups is 1. The van der Waals surface area contributed by atoms with E-state index in [0.29, 0.717) is 16.3 Å². The SMILES string of the molecule is COc1ccc(C=Nc2nc(C(F)(F)F)c(-c3ccc(Cl)cc3)s2)cc1. The molecule has 3 aromatic rings. The number of hydrogen-bond acceptors (Lipinski definition) is 4. The van der Waals surface area contributed by atoms with Crippen LogP contribution in [0.15, 0.2) is 53.5 Å². The fourth-order valence-corrected chi connectivity index (χ4v) is 3.24. The molecule has 0 fully saturated rings. The third kappa shape index (κ3) is 4.23. The fourth-order valence-electron chi connectivity index (χ4n) is 2.17. The summed E-state index contributed by atoms with van der Waals surface area (Å²) in [7, 11) is 1.55. The van der Waals surface area contributed by atoms with Gasteiger partial charge in [0.1, 0.15) is 5.75 Å². The van der Waals surface area contributed by atoms with E-state index in [-0.39, 0.29) is 10.0 Å². The van der Waals surface area contributed by atoms with Gasteiger partial charge in [-0.25, -0.2) is 9.98 Å². The van der Waals surface area contributed by atoms with Crippen molar-refractivity contribution in [3.8, 4) is 16.2 Å². The van der Waals surface area contributed by atoms with E-state index in [4.69, 9.17) is 16.3 Å². The topological polar surface area (TPSA) is 34.5 Å². The molecule has 0 radical (unpaired) electrons. The lowest BCUT2D eigenvalue weighted by atomic mass is 10.1. The molecule has 1 aromatic heterocycles. The number of hydrogen-bond donors (Lipinski definition) is 0. The van der Waals surface area contributed by atoms with Gasteiger partial charge in [0.25, 0.3) is 0 Å². The van der Waals surface area contributed by atoms with Gasteiger partial charge in [0.2, 0.25) is 5.13 Å². The van der Waals surface area contributed by atoms with Crippen molar-refractivity contribution in [3.63, 3.8) is 0 Å². The van der Waals surface area contributed by atoms with Crippen LogP contribution in [-0.4, -0.2) is 18.3 Å². The van der Waals surface area contributed by atoms with Gasteiger partial charge >= 0.3 is 6.18 Å². The summed E-state index contributed by atoms with van der Waals surface area (Å²) < 4.78 is 45.0. The number of aromatic nitrogens is 1. The Balaban J connectivity index is 1.95. The number of alkyl halides is 3. The molecule has 134 valence electrons. The van der Waals surface area contributed by atoms with Crippen LogP contribution in [0.3, 0.4) is 0 Å². The largest absolute Gasteiger partial charge is 0.497 e. The first-order chi connectivity index (χ1) is 12.4. The van der Waals surface area contributed by atoms with Crippen LogP contribution in [0.25, 0.3) is 10.4 Å². The van der Waals surface area contributed by atoms with Crippen molar-refractivity contribution in [2.24, 2.45) is 4.99 Å². The van der Waals surface area contributed by atoms with Crippen LogP contribution in [0.4, 0.5) is 18.3 Å². The first-order valence-electron chi connectivity index (χ1n) is 7.39. The predicted octanol–water partition coefficient (Wildman–Crippen LogP) is 6.24. The van der Waals surface area contributed by atoms with Crippen molar-refractivity contribution in [3.05, 3.63) is 64.8 Å². The highest BCUT2D eigenvalue weighted by Crippen LogP contribution is 2.42. The van der Waals surface area contributed by atoms with Crippen molar-refractivity contribution >= 4 is 34.3 Å². The summed E-state index contributed by atoms with van der Waals surface area (Å²) in [6.07, 6.45) is -3.11. The molecule has 0 bridgehead atoms. The second-order valence-electron chi connectivity index (χ2n) is 5.21. The van der Waals surface area contributed by atoms with Crippen LogP contribution in [0.5, 0.6) is 5.75 Å². The van der Waals surface area contributed by atoms with E-state index < -0.39 is 11.9 Å². The van der Waals surface area contributed by atoms with Crippen LogP contribution in [0, 0.1) is 0 Å². The molecule has 0 unspecified atom stereocenters. The van der Waals surface area contributed by atoms with Crippen LogP contribution in [0.2, 0.25) is 5.02 Å². The Labute approximate surface area is 156 Å². The molecule has 0 amide bonds. The van der Waals surface area contributed by atoms with Crippen LogP contribution in [-0.2, 0) is 6.18 Å². The van der Waals surface area contributed by atoms with Gasteiger partial charge in [-0.05, 0) is 47.5 Å². The van der Waals surface area contributed by atoms with Crippen molar-refractivity contribution in [1.29, 1.82) is 0 Å².